The van der Waals surface area contributed by atoms with E-state index in [1.165, 1.54) is 41.8 Å². The van der Waals surface area contributed by atoms with Gasteiger partial charge in [0, 0.05) is 25.4 Å². The van der Waals surface area contributed by atoms with Gasteiger partial charge in [0.25, 0.3) is 5.56 Å². The summed E-state index contributed by atoms with van der Waals surface area (Å²) in [6.45, 7) is 8.01. The minimum atomic E-state index is -0.523. The molecule has 2 aromatic heterocycles. The third kappa shape index (κ3) is 3.94. The van der Waals surface area contributed by atoms with Crippen molar-refractivity contribution in [3.8, 4) is 5.82 Å². The van der Waals surface area contributed by atoms with Gasteiger partial charge in [-0.2, -0.15) is 0 Å². The highest BCUT2D eigenvalue weighted by atomic mass is 16.5. The van der Waals surface area contributed by atoms with Gasteiger partial charge in [-0.05, 0) is 55.3 Å². The van der Waals surface area contributed by atoms with Crippen LogP contribution in [0.4, 0.5) is 0 Å². The fraction of sp³-hybridized carbons (Fsp3) is 0.476. The number of nitrogens with zero attached hydrogens (tertiary/aromatic N) is 3. The van der Waals surface area contributed by atoms with Crippen molar-refractivity contribution in [2.75, 3.05) is 19.6 Å². The molecule has 7 nitrogen and oxygen atoms in total. The molecule has 4 rings (SSSR count). The number of piperidine rings is 1. The normalized spacial score (nSPS) is 18.2. The van der Waals surface area contributed by atoms with Crippen LogP contribution in [0.2, 0.25) is 0 Å². The van der Waals surface area contributed by atoms with Gasteiger partial charge in [-0.25, -0.2) is 9.36 Å². The van der Waals surface area contributed by atoms with Gasteiger partial charge in [0.1, 0.15) is 0 Å². The van der Waals surface area contributed by atoms with Crippen molar-refractivity contribution in [3.05, 3.63) is 56.9 Å². The van der Waals surface area contributed by atoms with E-state index in [1.807, 2.05) is 6.07 Å². The molecular formula is C21H26N4O3. The molecule has 1 unspecified atom stereocenters. The van der Waals surface area contributed by atoms with E-state index in [4.69, 9.17) is 4.52 Å². The Kier molecular flexibility index (Phi) is 5.17. The first kappa shape index (κ1) is 18.7. The van der Waals surface area contributed by atoms with Crippen molar-refractivity contribution in [2.45, 2.75) is 33.1 Å². The molecule has 0 bridgehead atoms. The summed E-state index contributed by atoms with van der Waals surface area (Å²) in [4.78, 5) is 28.3. The number of hydrogen-bond donors (Lipinski definition) is 1. The number of rotatable bonds is 5. The lowest BCUT2D eigenvalue weighted by Gasteiger charge is -2.33. The topological polar surface area (TPSA) is 84.1 Å². The van der Waals surface area contributed by atoms with Crippen LogP contribution >= 0.6 is 0 Å². The highest BCUT2D eigenvalue weighted by Gasteiger charge is 2.21. The van der Waals surface area contributed by atoms with Gasteiger partial charge in [0.2, 0.25) is 0 Å². The summed E-state index contributed by atoms with van der Waals surface area (Å²) in [5, 5.41) is 4.83. The molecular weight excluding hydrogens is 356 g/mol. The van der Waals surface area contributed by atoms with E-state index in [9.17, 15) is 9.59 Å². The molecule has 0 saturated carbocycles. The van der Waals surface area contributed by atoms with Crippen LogP contribution in [-0.4, -0.2) is 39.2 Å². The smallest absolute Gasteiger partial charge is 0.334 e. The Labute approximate surface area is 163 Å². The molecule has 1 aliphatic rings. The molecule has 1 aromatic carbocycles. The largest absolute Gasteiger partial charge is 0.354 e. The lowest BCUT2D eigenvalue weighted by Crippen LogP contribution is -2.38. The summed E-state index contributed by atoms with van der Waals surface area (Å²) in [5.74, 6) is 1.72. The Bertz CT molecular complexity index is 1080. The van der Waals surface area contributed by atoms with Gasteiger partial charge in [0.05, 0.1) is 5.39 Å². The van der Waals surface area contributed by atoms with Crippen LogP contribution in [0.15, 0.2) is 44.6 Å². The van der Waals surface area contributed by atoms with Crippen LogP contribution < -0.4 is 11.2 Å². The molecule has 0 radical (unpaired) electrons. The average molecular weight is 382 g/mol. The molecule has 1 N–H and O–H groups in total. The second-order valence-electron chi connectivity index (χ2n) is 8.18. The van der Waals surface area contributed by atoms with Gasteiger partial charge in [0.15, 0.2) is 11.4 Å². The standard InChI is InChI=1S/C21H26N4O3/c1-14(2)12-24-8-3-4-16(13-24)10-15-5-6-18-17(11-15)20(23-28-18)25-9-7-19(26)22-21(25)27/h5-7,9,11,14,16H,3-4,8,10,12-13H2,1-2H3,(H,22,26,27). The summed E-state index contributed by atoms with van der Waals surface area (Å²) in [5.41, 5.74) is 0.885. The Morgan fingerprint density at radius 1 is 1.29 bits per heavy atom. The van der Waals surface area contributed by atoms with Crippen molar-refractivity contribution in [3.63, 3.8) is 0 Å². The summed E-state index contributed by atoms with van der Waals surface area (Å²) in [7, 11) is 0. The van der Waals surface area contributed by atoms with Crippen molar-refractivity contribution < 1.29 is 4.52 Å². The summed E-state index contributed by atoms with van der Waals surface area (Å²) in [6.07, 6.45) is 4.90. The maximum atomic E-state index is 12.1. The third-order valence-corrected chi connectivity index (χ3v) is 5.32. The fourth-order valence-corrected chi connectivity index (χ4v) is 4.19. The van der Waals surface area contributed by atoms with E-state index >= 15 is 0 Å². The van der Waals surface area contributed by atoms with Crippen LogP contribution in [-0.2, 0) is 6.42 Å². The second kappa shape index (κ2) is 7.75. The highest BCUT2D eigenvalue weighted by Crippen LogP contribution is 2.26. The van der Waals surface area contributed by atoms with Gasteiger partial charge >= 0.3 is 5.69 Å². The van der Waals surface area contributed by atoms with E-state index in [0.29, 0.717) is 23.2 Å². The van der Waals surface area contributed by atoms with E-state index < -0.39 is 11.2 Å². The number of nitrogens with one attached hydrogen (secondary N) is 1. The average Bonchev–Trinajstić information content (AvgIpc) is 3.04. The number of fused-ring (bicyclic) bond motifs is 1. The van der Waals surface area contributed by atoms with Crippen LogP contribution in [0.5, 0.6) is 0 Å². The van der Waals surface area contributed by atoms with Crippen LogP contribution in [0.25, 0.3) is 16.8 Å². The van der Waals surface area contributed by atoms with Gasteiger partial charge in [-0.1, -0.05) is 25.1 Å². The van der Waals surface area contributed by atoms with Gasteiger partial charge in [-0.15, -0.1) is 0 Å². The lowest BCUT2D eigenvalue weighted by molar-refractivity contribution is 0.158. The molecule has 3 heterocycles. The maximum absolute atomic E-state index is 12.1. The van der Waals surface area contributed by atoms with E-state index in [0.717, 1.165) is 24.9 Å². The first-order valence-corrected chi connectivity index (χ1v) is 9.92. The molecule has 148 valence electrons. The number of H-pyrrole nitrogens is 1. The van der Waals surface area contributed by atoms with Crippen molar-refractivity contribution in [1.29, 1.82) is 0 Å². The molecule has 1 atom stereocenters. The predicted molar refractivity (Wildman–Crippen MR) is 108 cm³/mol. The number of hydrogen-bond acceptors (Lipinski definition) is 5. The lowest BCUT2D eigenvalue weighted by atomic mass is 9.90. The maximum Gasteiger partial charge on any atom is 0.334 e. The van der Waals surface area contributed by atoms with Crippen LogP contribution in [0.1, 0.15) is 32.3 Å². The quantitative estimate of drug-likeness (QED) is 0.733. The zero-order valence-electron chi connectivity index (χ0n) is 16.4. The summed E-state index contributed by atoms with van der Waals surface area (Å²) in [6, 6.07) is 7.35. The molecule has 1 aliphatic heterocycles. The first-order chi connectivity index (χ1) is 13.5. The zero-order valence-corrected chi connectivity index (χ0v) is 16.4. The Balaban J connectivity index is 1.59. The Hall–Kier alpha value is -2.67. The van der Waals surface area contributed by atoms with Crippen LogP contribution in [0, 0.1) is 11.8 Å². The Morgan fingerprint density at radius 3 is 2.93 bits per heavy atom. The molecule has 28 heavy (non-hydrogen) atoms. The minimum absolute atomic E-state index is 0.406. The monoisotopic (exact) mass is 382 g/mol. The number of aromatic amines is 1. The SMILES string of the molecule is CC(C)CN1CCCC(Cc2ccc3onc(-n4ccc(=O)[nH]c4=O)c3c2)C1. The molecule has 0 aliphatic carbocycles. The van der Waals surface area contributed by atoms with Crippen molar-refractivity contribution >= 4 is 11.0 Å². The third-order valence-electron chi connectivity index (χ3n) is 5.32. The first-order valence-electron chi connectivity index (χ1n) is 9.92. The molecule has 3 aromatic rings. The molecule has 0 spiro atoms. The van der Waals surface area contributed by atoms with E-state index in [-0.39, 0.29) is 0 Å². The summed E-state index contributed by atoms with van der Waals surface area (Å²) >= 11 is 0. The van der Waals surface area contributed by atoms with Gasteiger partial charge in [-0.3, -0.25) is 9.78 Å². The van der Waals surface area contributed by atoms with E-state index in [1.54, 1.807) is 0 Å². The number of aromatic nitrogens is 3. The van der Waals surface area contributed by atoms with Crippen molar-refractivity contribution in [1.82, 2.24) is 19.6 Å². The van der Waals surface area contributed by atoms with Crippen LogP contribution in [0.3, 0.4) is 0 Å². The number of likely N-dealkylation sites (tertiary alicyclic amines) is 1. The Morgan fingerprint density at radius 2 is 2.14 bits per heavy atom. The predicted octanol–water partition coefficient (Wildman–Crippen LogP) is 2.58. The van der Waals surface area contributed by atoms with Gasteiger partial charge < -0.3 is 9.42 Å². The highest BCUT2D eigenvalue weighted by molar-refractivity contribution is 5.84. The number of benzene rings is 1. The molecule has 1 saturated heterocycles. The molecule has 1 fully saturated rings. The molecule has 7 heteroatoms. The van der Waals surface area contributed by atoms with E-state index in [2.05, 4.69) is 41.0 Å². The summed E-state index contributed by atoms with van der Waals surface area (Å²) < 4.78 is 6.69. The fourth-order valence-electron chi connectivity index (χ4n) is 4.19. The minimum Gasteiger partial charge on any atom is -0.354 e. The van der Waals surface area contributed by atoms with Crippen molar-refractivity contribution in [2.24, 2.45) is 11.8 Å². The zero-order chi connectivity index (χ0) is 19.7. The second-order valence-corrected chi connectivity index (χ2v) is 8.18. The molecule has 0 amide bonds.